The summed E-state index contributed by atoms with van der Waals surface area (Å²) >= 11 is 0. The van der Waals surface area contributed by atoms with Crippen LogP contribution in [0.5, 0.6) is 5.75 Å². The summed E-state index contributed by atoms with van der Waals surface area (Å²) in [7, 11) is -3.74. The third kappa shape index (κ3) is 5.76. The van der Waals surface area contributed by atoms with Crippen molar-refractivity contribution < 1.29 is 26.7 Å². The second-order valence-electron chi connectivity index (χ2n) is 8.76. The van der Waals surface area contributed by atoms with E-state index in [2.05, 4.69) is 5.32 Å². The van der Waals surface area contributed by atoms with Crippen LogP contribution >= 0.6 is 0 Å². The number of hydrogen-bond acceptors (Lipinski definition) is 4. The lowest BCUT2D eigenvalue weighted by molar-refractivity contribution is -0.122. The van der Waals surface area contributed by atoms with Crippen molar-refractivity contribution in [3.63, 3.8) is 0 Å². The van der Waals surface area contributed by atoms with E-state index in [-0.39, 0.29) is 37.0 Å². The molecule has 9 heteroatoms. The first-order chi connectivity index (χ1) is 14.9. The van der Waals surface area contributed by atoms with Crippen LogP contribution in [-0.2, 0) is 14.8 Å². The number of carbonyl (C=O) groups excluding carboxylic acids is 1. The lowest BCUT2D eigenvalue weighted by atomic mass is 9.89. The Bertz CT molecular complexity index is 1120. The summed E-state index contributed by atoms with van der Waals surface area (Å²) in [5.41, 5.74) is 1.54. The fourth-order valence-electron chi connectivity index (χ4n) is 3.86. The first-order valence-electron chi connectivity index (χ1n) is 10.4. The van der Waals surface area contributed by atoms with Crippen LogP contribution in [0.3, 0.4) is 0 Å². The summed E-state index contributed by atoms with van der Waals surface area (Å²) in [5.74, 6) is -1.67. The molecule has 0 spiro atoms. The standard InChI is InChI=1S/C23H28F2N2O4S/c1-15-7-9-17-20(14-23(2,3)31-21(17)12-15)26-22(28)6-5-11-27(32(4,29)30)16-8-10-18(24)19(25)13-16/h7-10,12-13,20H,5-6,11,14H2,1-4H3,(H,26,28). The van der Waals surface area contributed by atoms with Gasteiger partial charge in [-0.25, -0.2) is 17.2 Å². The van der Waals surface area contributed by atoms with E-state index in [0.717, 1.165) is 39.6 Å². The first kappa shape index (κ1) is 24.0. The van der Waals surface area contributed by atoms with Crippen LogP contribution in [-0.4, -0.2) is 32.7 Å². The van der Waals surface area contributed by atoms with E-state index in [0.29, 0.717) is 6.42 Å². The normalized spacial score (nSPS) is 17.2. The van der Waals surface area contributed by atoms with Crippen LogP contribution in [0.4, 0.5) is 14.5 Å². The second kappa shape index (κ2) is 9.05. The SMILES string of the molecule is Cc1ccc2c(c1)OC(C)(C)CC2NC(=O)CCCN(c1ccc(F)c(F)c1)S(C)(=O)=O. The summed E-state index contributed by atoms with van der Waals surface area (Å²) in [6.07, 6.45) is 1.87. The van der Waals surface area contributed by atoms with Crippen LogP contribution in [0, 0.1) is 18.6 Å². The van der Waals surface area contributed by atoms with Crippen LogP contribution in [0.2, 0.25) is 0 Å². The molecular formula is C23H28F2N2O4S. The fraction of sp³-hybridized carbons (Fsp3) is 0.435. The van der Waals surface area contributed by atoms with Crippen LogP contribution in [0.25, 0.3) is 0 Å². The third-order valence-electron chi connectivity index (χ3n) is 5.32. The number of halogens is 2. The van der Waals surface area contributed by atoms with E-state index in [1.807, 2.05) is 39.0 Å². The lowest BCUT2D eigenvalue weighted by Gasteiger charge is -2.38. The molecule has 1 unspecified atom stereocenters. The molecule has 0 saturated heterocycles. The monoisotopic (exact) mass is 466 g/mol. The number of aryl methyl sites for hydroxylation is 1. The van der Waals surface area contributed by atoms with Gasteiger partial charge in [0.15, 0.2) is 11.6 Å². The zero-order valence-corrected chi connectivity index (χ0v) is 19.4. The molecule has 1 atom stereocenters. The fourth-order valence-corrected chi connectivity index (χ4v) is 4.82. The molecule has 1 aliphatic heterocycles. The van der Waals surface area contributed by atoms with Crippen LogP contribution < -0.4 is 14.4 Å². The largest absolute Gasteiger partial charge is 0.487 e. The molecule has 1 N–H and O–H groups in total. The Morgan fingerprint density at radius 1 is 1.19 bits per heavy atom. The topological polar surface area (TPSA) is 75.7 Å². The highest BCUT2D eigenvalue weighted by atomic mass is 32.2. The highest BCUT2D eigenvalue weighted by Crippen LogP contribution is 2.39. The van der Waals surface area contributed by atoms with Gasteiger partial charge in [-0.2, -0.15) is 0 Å². The zero-order chi connectivity index (χ0) is 23.7. The van der Waals surface area contributed by atoms with Crippen molar-refractivity contribution in [1.29, 1.82) is 0 Å². The predicted molar refractivity (Wildman–Crippen MR) is 119 cm³/mol. The maximum Gasteiger partial charge on any atom is 0.232 e. The highest BCUT2D eigenvalue weighted by Gasteiger charge is 2.34. The predicted octanol–water partition coefficient (Wildman–Crippen LogP) is 4.24. The summed E-state index contributed by atoms with van der Waals surface area (Å²) in [6, 6.07) is 8.54. The number of nitrogens with one attached hydrogen (secondary N) is 1. The number of fused-ring (bicyclic) bond motifs is 1. The Kier molecular flexibility index (Phi) is 6.78. The third-order valence-corrected chi connectivity index (χ3v) is 6.51. The summed E-state index contributed by atoms with van der Waals surface area (Å²) in [4.78, 5) is 12.6. The number of nitrogens with zero attached hydrogens (tertiary/aromatic N) is 1. The molecule has 2 aromatic carbocycles. The van der Waals surface area contributed by atoms with E-state index >= 15 is 0 Å². The minimum atomic E-state index is -3.74. The average Bonchev–Trinajstić information content (AvgIpc) is 2.65. The Morgan fingerprint density at radius 2 is 1.91 bits per heavy atom. The zero-order valence-electron chi connectivity index (χ0n) is 18.6. The Morgan fingerprint density at radius 3 is 2.56 bits per heavy atom. The van der Waals surface area contributed by atoms with E-state index < -0.39 is 27.3 Å². The van der Waals surface area contributed by atoms with Gasteiger partial charge in [0.2, 0.25) is 15.9 Å². The van der Waals surface area contributed by atoms with Crippen molar-refractivity contribution in [3.8, 4) is 5.75 Å². The quantitative estimate of drug-likeness (QED) is 0.662. The van der Waals surface area contributed by atoms with Gasteiger partial charge < -0.3 is 10.1 Å². The summed E-state index contributed by atoms with van der Waals surface area (Å²) in [5, 5.41) is 3.02. The number of benzene rings is 2. The highest BCUT2D eigenvalue weighted by molar-refractivity contribution is 7.92. The molecule has 1 aliphatic rings. The molecule has 2 aromatic rings. The van der Waals surface area contributed by atoms with Crippen molar-refractivity contribution in [2.24, 2.45) is 0 Å². The number of hydrogen-bond donors (Lipinski definition) is 1. The Hall–Kier alpha value is -2.68. The van der Waals surface area contributed by atoms with E-state index in [1.54, 1.807) is 0 Å². The molecule has 32 heavy (non-hydrogen) atoms. The summed E-state index contributed by atoms with van der Waals surface area (Å²) < 4.78 is 58.1. The Balaban J connectivity index is 1.66. The Labute approximate surface area is 187 Å². The molecule has 174 valence electrons. The lowest BCUT2D eigenvalue weighted by Crippen LogP contribution is -2.41. The van der Waals surface area contributed by atoms with Gasteiger partial charge in [-0.05, 0) is 51.0 Å². The second-order valence-corrected chi connectivity index (χ2v) is 10.7. The van der Waals surface area contributed by atoms with E-state index in [9.17, 15) is 22.0 Å². The van der Waals surface area contributed by atoms with Gasteiger partial charge in [-0.1, -0.05) is 12.1 Å². The average molecular weight is 467 g/mol. The van der Waals surface area contributed by atoms with Gasteiger partial charge in [-0.3, -0.25) is 9.10 Å². The maximum atomic E-state index is 13.6. The van der Waals surface area contributed by atoms with Crippen molar-refractivity contribution in [1.82, 2.24) is 5.32 Å². The van der Waals surface area contributed by atoms with Crippen molar-refractivity contribution in [2.75, 3.05) is 17.1 Å². The number of anilines is 1. The number of amides is 1. The molecule has 0 aliphatic carbocycles. The molecule has 0 fully saturated rings. The van der Waals surface area contributed by atoms with Gasteiger partial charge >= 0.3 is 0 Å². The van der Waals surface area contributed by atoms with Crippen molar-refractivity contribution in [2.45, 2.75) is 51.7 Å². The van der Waals surface area contributed by atoms with Gasteiger partial charge in [-0.15, -0.1) is 0 Å². The smallest absolute Gasteiger partial charge is 0.232 e. The number of rotatable bonds is 7. The molecule has 0 radical (unpaired) electrons. The maximum absolute atomic E-state index is 13.6. The van der Waals surface area contributed by atoms with Crippen molar-refractivity contribution in [3.05, 3.63) is 59.2 Å². The molecule has 1 heterocycles. The minimum Gasteiger partial charge on any atom is -0.487 e. The molecule has 0 saturated carbocycles. The van der Waals surface area contributed by atoms with Gasteiger partial charge in [0.25, 0.3) is 0 Å². The first-order valence-corrected chi connectivity index (χ1v) is 12.2. The van der Waals surface area contributed by atoms with Crippen molar-refractivity contribution >= 4 is 21.6 Å². The van der Waals surface area contributed by atoms with Gasteiger partial charge in [0, 0.05) is 31.0 Å². The molecule has 0 aromatic heterocycles. The molecule has 0 bridgehead atoms. The molecule has 3 rings (SSSR count). The van der Waals surface area contributed by atoms with Crippen LogP contribution in [0.1, 0.15) is 50.3 Å². The molecular weight excluding hydrogens is 438 g/mol. The van der Waals surface area contributed by atoms with E-state index in [1.165, 1.54) is 6.07 Å². The number of sulfonamides is 1. The molecule has 6 nitrogen and oxygen atoms in total. The van der Waals surface area contributed by atoms with Crippen LogP contribution in [0.15, 0.2) is 36.4 Å². The molecule has 1 amide bonds. The number of ether oxygens (including phenoxy) is 1. The number of carbonyl (C=O) groups is 1. The van der Waals surface area contributed by atoms with Gasteiger partial charge in [0.1, 0.15) is 11.4 Å². The summed E-state index contributed by atoms with van der Waals surface area (Å²) in [6.45, 7) is 5.86. The minimum absolute atomic E-state index is 0.0160. The van der Waals surface area contributed by atoms with E-state index in [4.69, 9.17) is 4.74 Å². The van der Waals surface area contributed by atoms with Gasteiger partial charge in [0.05, 0.1) is 18.0 Å².